The van der Waals surface area contributed by atoms with Crippen LogP contribution in [0.1, 0.15) is 39.5 Å². The number of nitrogens with two attached hydrogens (primary N) is 1. The summed E-state index contributed by atoms with van der Waals surface area (Å²) < 4.78 is 0. The zero-order chi connectivity index (χ0) is 11.3. The molecule has 1 rings (SSSR count). The molecule has 0 radical (unpaired) electrons. The van der Waals surface area contributed by atoms with Crippen LogP contribution in [0.2, 0.25) is 0 Å². The molecule has 1 aliphatic rings. The van der Waals surface area contributed by atoms with E-state index in [1.165, 1.54) is 0 Å². The Morgan fingerprint density at radius 2 is 1.69 bits per heavy atom. The number of amides is 1. The van der Waals surface area contributed by atoms with Gasteiger partial charge in [0.2, 0.25) is 5.91 Å². The normalized spacial score (nSPS) is 24.7. The van der Waals surface area contributed by atoms with Gasteiger partial charge in [-0.25, -0.2) is 0 Å². The Morgan fingerprint density at radius 3 is 2.06 bits per heavy atom. The number of carbonyl (C=O) groups excluding carboxylic acids is 1. The van der Waals surface area contributed by atoms with E-state index in [1.54, 1.807) is 0 Å². The molecule has 0 aromatic rings. The molecular weight excluding hydrogens is 224 g/mol. The molecule has 0 aliphatic heterocycles. The standard InChI is InChI=1S/C12H24N2O.ClH/c1-3-14(4-2)12(15)11-7-5-10(9-13)6-8-11;/h10-11H,3-9,13H2,1-2H3;1H. The lowest BCUT2D eigenvalue weighted by molar-refractivity contribution is -0.136. The van der Waals surface area contributed by atoms with Gasteiger partial charge in [-0.3, -0.25) is 4.79 Å². The Kier molecular flexibility index (Phi) is 7.77. The predicted octanol–water partition coefficient (Wildman–Crippen LogP) is 2.04. The summed E-state index contributed by atoms with van der Waals surface area (Å²) in [4.78, 5) is 14.0. The number of carbonyl (C=O) groups is 1. The lowest BCUT2D eigenvalue weighted by atomic mass is 9.81. The van der Waals surface area contributed by atoms with Crippen LogP contribution in [0.3, 0.4) is 0 Å². The highest BCUT2D eigenvalue weighted by Gasteiger charge is 2.27. The van der Waals surface area contributed by atoms with Crippen molar-refractivity contribution in [1.29, 1.82) is 0 Å². The molecule has 4 heteroatoms. The molecule has 0 unspecified atom stereocenters. The van der Waals surface area contributed by atoms with Crippen LogP contribution >= 0.6 is 12.4 Å². The molecule has 1 aliphatic carbocycles. The number of rotatable bonds is 4. The van der Waals surface area contributed by atoms with E-state index < -0.39 is 0 Å². The van der Waals surface area contributed by atoms with Gasteiger partial charge in [0.25, 0.3) is 0 Å². The highest BCUT2D eigenvalue weighted by molar-refractivity contribution is 5.85. The van der Waals surface area contributed by atoms with Gasteiger partial charge in [-0.15, -0.1) is 12.4 Å². The van der Waals surface area contributed by atoms with Gasteiger partial charge in [-0.2, -0.15) is 0 Å². The first-order valence-electron chi connectivity index (χ1n) is 6.21. The summed E-state index contributed by atoms with van der Waals surface area (Å²) in [5.74, 6) is 1.29. The minimum absolute atomic E-state index is 0. The van der Waals surface area contributed by atoms with Gasteiger partial charge < -0.3 is 10.6 Å². The van der Waals surface area contributed by atoms with Gasteiger partial charge in [-0.1, -0.05) is 0 Å². The Balaban J connectivity index is 0.00000225. The van der Waals surface area contributed by atoms with Gasteiger partial charge in [0.05, 0.1) is 0 Å². The van der Waals surface area contributed by atoms with E-state index in [-0.39, 0.29) is 18.3 Å². The number of hydrogen-bond donors (Lipinski definition) is 1. The van der Waals surface area contributed by atoms with E-state index in [0.29, 0.717) is 11.8 Å². The molecular formula is C12H25ClN2O. The summed E-state index contributed by atoms with van der Waals surface area (Å²) in [6, 6.07) is 0. The summed E-state index contributed by atoms with van der Waals surface area (Å²) in [6.45, 7) is 6.56. The van der Waals surface area contributed by atoms with Gasteiger partial charge >= 0.3 is 0 Å². The fourth-order valence-electron chi connectivity index (χ4n) is 2.44. The predicted molar refractivity (Wildman–Crippen MR) is 69.7 cm³/mol. The van der Waals surface area contributed by atoms with E-state index in [9.17, 15) is 4.79 Å². The monoisotopic (exact) mass is 248 g/mol. The van der Waals surface area contributed by atoms with Crippen LogP contribution in [0.15, 0.2) is 0 Å². The summed E-state index contributed by atoms with van der Waals surface area (Å²) >= 11 is 0. The van der Waals surface area contributed by atoms with Gasteiger partial charge in [0.1, 0.15) is 0 Å². The maximum atomic E-state index is 12.1. The molecule has 0 aromatic heterocycles. The van der Waals surface area contributed by atoms with Crippen LogP contribution in [0.5, 0.6) is 0 Å². The van der Waals surface area contributed by atoms with Crippen LogP contribution in [-0.4, -0.2) is 30.4 Å². The quantitative estimate of drug-likeness (QED) is 0.828. The SMILES string of the molecule is CCN(CC)C(=O)C1CCC(CN)CC1.Cl. The summed E-state index contributed by atoms with van der Waals surface area (Å²) in [6.07, 6.45) is 4.34. The topological polar surface area (TPSA) is 46.3 Å². The van der Waals surface area contributed by atoms with Gasteiger partial charge in [0, 0.05) is 19.0 Å². The molecule has 0 heterocycles. The van der Waals surface area contributed by atoms with Gasteiger partial charge in [0.15, 0.2) is 0 Å². The van der Waals surface area contributed by atoms with Crippen LogP contribution in [0.4, 0.5) is 0 Å². The molecule has 0 atom stereocenters. The Labute approximate surface area is 105 Å². The Bertz CT molecular complexity index is 199. The largest absolute Gasteiger partial charge is 0.343 e. The molecule has 1 amide bonds. The molecule has 1 fully saturated rings. The van der Waals surface area contributed by atoms with Crippen molar-refractivity contribution in [2.45, 2.75) is 39.5 Å². The lowest BCUT2D eigenvalue weighted by Crippen LogP contribution is -2.38. The van der Waals surface area contributed by atoms with Crippen molar-refractivity contribution >= 4 is 18.3 Å². The average molecular weight is 249 g/mol. The van der Waals surface area contributed by atoms with Crippen LogP contribution < -0.4 is 5.73 Å². The Morgan fingerprint density at radius 1 is 1.19 bits per heavy atom. The van der Waals surface area contributed by atoms with Crippen molar-refractivity contribution in [2.24, 2.45) is 17.6 Å². The minimum Gasteiger partial charge on any atom is -0.343 e. The van der Waals surface area contributed by atoms with Crippen molar-refractivity contribution < 1.29 is 4.79 Å². The third kappa shape index (κ3) is 3.95. The van der Waals surface area contributed by atoms with Crippen molar-refractivity contribution in [3.63, 3.8) is 0 Å². The van der Waals surface area contributed by atoms with Crippen molar-refractivity contribution in [1.82, 2.24) is 4.90 Å². The first-order valence-corrected chi connectivity index (χ1v) is 6.21. The van der Waals surface area contributed by atoms with Crippen molar-refractivity contribution in [3.05, 3.63) is 0 Å². The van der Waals surface area contributed by atoms with E-state index in [0.717, 1.165) is 45.3 Å². The van der Waals surface area contributed by atoms with Crippen LogP contribution in [0.25, 0.3) is 0 Å². The van der Waals surface area contributed by atoms with E-state index in [4.69, 9.17) is 5.73 Å². The van der Waals surface area contributed by atoms with Gasteiger partial charge in [-0.05, 0) is 52.0 Å². The highest BCUT2D eigenvalue weighted by atomic mass is 35.5. The average Bonchev–Trinajstić information content (AvgIpc) is 2.30. The molecule has 1 saturated carbocycles. The smallest absolute Gasteiger partial charge is 0.225 e. The second-order valence-corrected chi connectivity index (χ2v) is 4.46. The summed E-state index contributed by atoms with van der Waals surface area (Å²) in [5, 5.41) is 0. The van der Waals surface area contributed by atoms with Crippen LogP contribution in [0, 0.1) is 11.8 Å². The fourth-order valence-corrected chi connectivity index (χ4v) is 2.44. The maximum absolute atomic E-state index is 12.1. The molecule has 3 nitrogen and oxygen atoms in total. The zero-order valence-corrected chi connectivity index (χ0v) is 11.3. The Hall–Kier alpha value is -0.280. The molecule has 0 aromatic carbocycles. The first kappa shape index (κ1) is 15.7. The lowest BCUT2D eigenvalue weighted by Gasteiger charge is -2.30. The minimum atomic E-state index is 0. The van der Waals surface area contributed by atoms with E-state index in [1.807, 2.05) is 18.7 Å². The second kappa shape index (κ2) is 7.91. The second-order valence-electron chi connectivity index (χ2n) is 4.46. The zero-order valence-electron chi connectivity index (χ0n) is 10.4. The summed E-state index contributed by atoms with van der Waals surface area (Å²) in [5.41, 5.74) is 5.64. The summed E-state index contributed by atoms with van der Waals surface area (Å²) in [7, 11) is 0. The van der Waals surface area contributed by atoms with E-state index in [2.05, 4.69) is 0 Å². The fraction of sp³-hybridized carbons (Fsp3) is 0.917. The highest BCUT2D eigenvalue weighted by Crippen LogP contribution is 2.29. The molecule has 0 spiro atoms. The number of halogens is 1. The van der Waals surface area contributed by atoms with Crippen molar-refractivity contribution in [2.75, 3.05) is 19.6 Å². The molecule has 16 heavy (non-hydrogen) atoms. The third-order valence-corrected chi connectivity index (χ3v) is 3.60. The molecule has 0 bridgehead atoms. The maximum Gasteiger partial charge on any atom is 0.225 e. The van der Waals surface area contributed by atoms with Crippen molar-refractivity contribution in [3.8, 4) is 0 Å². The molecule has 2 N–H and O–H groups in total. The van der Waals surface area contributed by atoms with Crippen LogP contribution in [-0.2, 0) is 4.79 Å². The first-order chi connectivity index (χ1) is 7.22. The number of nitrogens with zero attached hydrogens (tertiary/aromatic N) is 1. The number of hydrogen-bond acceptors (Lipinski definition) is 2. The molecule has 96 valence electrons. The molecule has 0 saturated heterocycles. The van der Waals surface area contributed by atoms with E-state index >= 15 is 0 Å². The third-order valence-electron chi connectivity index (χ3n) is 3.60.